The van der Waals surface area contributed by atoms with Crippen molar-refractivity contribution in [2.75, 3.05) is 6.61 Å². The van der Waals surface area contributed by atoms with Crippen molar-refractivity contribution in [2.24, 2.45) is 5.41 Å². The maximum absolute atomic E-state index is 9.19. The van der Waals surface area contributed by atoms with Gasteiger partial charge in [-0.05, 0) is 37.5 Å². The third-order valence-electron chi connectivity index (χ3n) is 6.02. The molecule has 0 aromatic heterocycles. The van der Waals surface area contributed by atoms with Gasteiger partial charge in [0.05, 0.1) is 0 Å². The van der Waals surface area contributed by atoms with Crippen LogP contribution in [-0.2, 0) is 0 Å². The van der Waals surface area contributed by atoms with Crippen LogP contribution in [-0.4, -0.2) is 11.7 Å². The van der Waals surface area contributed by atoms with Gasteiger partial charge < -0.3 is 5.11 Å². The van der Waals surface area contributed by atoms with E-state index in [0.29, 0.717) is 12.0 Å². The van der Waals surface area contributed by atoms with Crippen molar-refractivity contribution >= 4 is 0 Å². The molecule has 0 saturated heterocycles. The second-order valence-electron chi connectivity index (χ2n) is 8.47. The van der Waals surface area contributed by atoms with Gasteiger partial charge in [-0.25, -0.2) is 0 Å². The molecule has 1 nitrogen and oxygen atoms in total. The number of rotatable bonds is 20. The van der Waals surface area contributed by atoms with Crippen molar-refractivity contribution in [1.29, 1.82) is 0 Å². The summed E-state index contributed by atoms with van der Waals surface area (Å²) in [5.41, 5.74) is 0.583. The van der Waals surface area contributed by atoms with Crippen LogP contribution in [0.1, 0.15) is 143 Å². The van der Waals surface area contributed by atoms with Crippen molar-refractivity contribution in [2.45, 2.75) is 143 Å². The summed E-state index contributed by atoms with van der Waals surface area (Å²) in [6, 6.07) is 0. The second-order valence-corrected chi connectivity index (χ2v) is 8.47. The summed E-state index contributed by atoms with van der Waals surface area (Å²) in [7, 11) is 0. The van der Waals surface area contributed by atoms with Gasteiger partial charge in [-0.2, -0.15) is 0 Å². The minimum absolute atomic E-state index is 0.371. The van der Waals surface area contributed by atoms with Gasteiger partial charge in [0.2, 0.25) is 0 Å². The van der Waals surface area contributed by atoms with Crippen LogP contribution in [0.15, 0.2) is 0 Å². The Kier molecular flexibility index (Phi) is 18.7. The molecule has 1 N–H and O–H groups in total. The molecule has 0 radical (unpaired) electrons. The lowest BCUT2D eigenvalue weighted by atomic mass is 9.71. The van der Waals surface area contributed by atoms with Crippen LogP contribution in [0.5, 0.6) is 0 Å². The predicted molar refractivity (Wildman–Crippen MR) is 114 cm³/mol. The van der Waals surface area contributed by atoms with Crippen LogP contribution in [0.2, 0.25) is 0 Å². The molecule has 0 rings (SSSR count). The third-order valence-corrected chi connectivity index (χ3v) is 6.02. The van der Waals surface area contributed by atoms with E-state index in [0.717, 1.165) is 6.42 Å². The SMILES string of the molecule is CCCCCCCCC(CCC)(CCCCO)CCCCCCCC. The van der Waals surface area contributed by atoms with E-state index >= 15 is 0 Å². The van der Waals surface area contributed by atoms with Gasteiger partial charge in [0.15, 0.2) is 0 Å². The highest BCUT2D eigenvalue weighted by Crippen LogP contribution is 2.41. The van der Waals surface area contributed by atoms with Gasteiger partial charge in [0, 0.05) is 6.61 Å². The van der Waals surface area contributed by atoms with E-state index in [-0.39, 0.29) is 0 Å². The molecule has 0 aliphatic heterocycles. The lowest BCUT2D eigenvalue weighted by Gasteiger charge is -2.34. The summed E-state index contributed by atoms with van der Waals surface area (Å²) in [4.78, 5) is 0. The van der Waals surface area contributed by atoms with E-state index in [1.807, 2.05) is 0 Å². The summed E-state index contributed by atoms with van der Waals surface area (Å²) in [6.45, 7) is 7.33. The number of hydrogen-bond acceptors (Lipinski definition) is 1. The first-order chi connectivity index (χ1) is 12.2. The minimum atomic E-state index is 0.371. The molecule has 0 unspecified atom stereocenters. The highest BCUT2D eigenvalue weighted by Gasteiger charge is 2.27. The molecule has 1 heteroatoms. The smallest absolute Gasteiger partial charge is 0.0431 e. The van der Waals surface area contributed by atoms with Gasteiger partial charge in [-0.1, -0.05) is 111 Å². The number of aliphatic hydroxyl groups excluding tert-OH is 1. The Morgan fingerprint density at radius 2 is 0.840 bits per heavy atom. The quantitative estimate of drug-likeness (QED) is 0.217. The minimum Gasteiger partial charge on any atom is -0.396 e. The zero-order chi connectivity index (χ0) is 18.6. The standard InChI is InChI=1S/C24H50O/c1-4-7-9-11-13-15-20-24(19-6-3,22-17-18-23-25)21-16-14-12-10-8-5-2/h25H,4-23H2,1-3H3. The monoisotopic (exact) mass is 354 g/mol. The maximum Gasteiger partial charge on any atom is 0.0431 e. The first kappa shape index (κ1) is 25.0. The molecule has 0 bridgehead atoms. The maximum atomic E-state index is 9.19. The van der Waals surface area contributed by atoms with Crippen LogP contribution in [0.3, 0.4) is 0 Å². The molecule has 25 heavy (non-hydrogen) atoms. The molecule has 0 fully saturated rings. The Morgan fingerprint density at radius 1 is 0.440 bits per heavy atom. The fourth-order valence-electron chi connectivity index (χ4n) is 4.45. The number of aliphatic hydroxyl groups is 1. The van der Waals surface area contributed by atoms with Gasteiger partial charge in [-0.15, -0.1) is 0 Å². The van der Waals surface area contributed by atoms with Gasteiger partial charge in [-0.3, -0.25) is 0 Å². The first-order valence-corrected chi connectivity index (χ1v) is 11.9. The molecule has 0 heterocycles. The number of unbranched alkanes of at least 4 members (excludes halogenated alkanes) is 11. The van der Waals surface area contributed by atoms with E-state index in [1.165, 1.54) is 116 Å². The molecular formula is C24H50O. The highest BCUT2D eigenvalue weighted by molar-refractivity contribution is 4.79. The molecular weight excluding hydrogens is 304 g/mol. The van der Waals surface area contributed by atoms with E-state index in [1.54, 1.807) is 0 Å². The summed E-state index contributed by atoms with van der Waals surface area (Å²) < 4.78 is 0. The molecule has 0 saturated carbocycles. The lowest BCUT2D eigenvalue weighted by molar-refractivity contribution is 0.169. The second kappa shape index (κ2) is 18.7. The van der Waals surface area contributed by atoms with E-state index < -0.39 is 0 Å². The van der Waals surface area contributed by atoms with Crippen molar-refractivity contribution in [3.63, 3.8) is 0 Å². The van der Waals surface area contributed by atoms with Gasteiger partial charge >= 0.3 is 0 Å². The summed E-state index contributed by atoms with van der Waals surface area (Å²) in [5, 5.41) is 9.19. The molecule has 0 aliphatic rings. The summed E-state index contributed by atoms with van der Waals surface area (Å²) >= 11 is 0. The summed E-state index contributed by atoms with van der Waals surface area (Å²) in [5.74, 6) is 0. The fraction of sp³-hybridized carbons (Fsp3) is 1.00. The van der Waals surface area contributed by atoms with Crippen molar-refractivity contribution in [3.05, 3.63) is 0 Å². The predicted octanol–water partition coefficient (Wildman–Crippen LogP) is 8.44. The molecule has 0 amide bonds. The summed E-state index contributed by atoms with van der Waals surface area (Å²) in [6.07, 6.45) is 26.1. The van der Waals surface area contributed by atoms with Crippen LogP contribution in [0.25, 0.3) is 0 Å². The van der Waals surface area contributed by atoms with Crippen LogP contribution >= 0.6 is 0 Å². The lowest BCUT2D eigenvalue weighted by Crippen LogP contribution is -2.21. The third kappa shape index (κ3) is 14.8. The normalized spacial score (nSPS) is 12.0. The Bertz CT molecular complexity index is 232. The van der Waals surface area contributed by atoms with Crippen molar-refractivity contribution < 1.29 is 5.11 Å². The van der Waals surface area contributed by atoms with E-state index in [9.17, 15) is 5.11 Å². The Hall–Kier alpha value is -0.0400. The average molecular weight is 355 g/mol. The van der Waals surface area contributed by atoms with Crippen molar-refractivity contribution in [3.8, 4) is 0 Å². The van der Waals surface area contributed by atoms with Gasteiger partial charge in [0.1, 0.15) is 0 Å². The van der Waals surface area contributed by atoms with Crippen LogP contribution in [0, 0.1) is 5.41 Å². The molecule has 0 aromatic rings. The first-order valence-electron chi connectivity index (χ1n) is 11.9. The van der Waals surface area contributed by atoms with Crippen LogP contribution in [0.4, 0.5) is 0 Å². The molecule has 152 valence electrons. The molecule has 0 atom stereocenters. The fourth-order valence-corrected chi connectivity index (χ4v) is 4.45. The molecule has 0 aromatic carbocycles. The largest absolute Gasteiger partial charge is 0.396 e. The number of hydrogen-bond donors (Lipinski definition) is 1. The Morgan fingerprint density at radius 3 is 1.24 bits per heavy atom. The van der Waals surface area contributed by atoms with Crippen LogP contribution < -0.4 is 0 Å². The molecule has 0 spiro atoms. The topological polar surface area (TPSA) is 20.2 Å². The van der Waals surface area contributed by atoms with Crippen molar-refractivity contribution in [1.82, 2.24) is 0 Å². The van der Waals surface area contributed by atoms with E-state index in [2.05, 4.69) is 20.8 Å². The Balaban J connectivity index is 4.31. The van der Waals surface area contributed by atoms with Gasteiger partial charge in [0.25, 0.3) is 0 Å². The highest BCUT2D eigenvalue weighted by atomic mass is 16.2. The zero-order valence-electron chi connectivity index (χ0n) is 18.1. The Labute approximate surface area is 160 Å². The van der Waals surface area contributed by atoms with E-state index in [4.69, 9.17) is 0 Å². The zero-order valence-corrected chi connectivity index (χ0v) is 18.1. The molecule has 0 aliphatic carbocycles. The average Bonchev–Trinajstić information content (AvgIpc) is 2.61.